The van der Waals surface area contributed by atoms with Crippen LogP contribution in [0.4, 0.5) is 0 Å². The number of benzene rings is 1. The van der Waals surface area contributed by atoms with Crippen LogP contribution in [-0.2, 0) is 22.7 Å². The van der Waals surface area contributed by atoms with Crippen molar-refractivity contribution in [3.05, 3.63) is 52.3 Å². The maximum absolute atomic E-state index is 12.4. The minimum absolute atomic E-state index is 0.0334. The summed E-state index contributed by atoms with van der Waals surface area (Å²) in [6.45, 7) is 4.04. The fraction of sp³-hybridized carbons (Fsp3) is 0.391. The van der Waals surface area contributed by atoms with Crippen molar-refractivity contribution in [2.45, 2.75) is 25.6 Å². The van der Waals surface area contributed by atoms with E-state index in [9.17, 15) is 14.7 Å². The van der Waals surface area contributed by atoms with E-state index in [4.69, 9.17) is 9.84 Å². The molecule has 0 spiro atoms. The van der Waals surface area contributed by atoms with Gasteiger partial charge in [-0.3, -0.25) is 19.4 Å². The number of aromatic nitrogens is 1. The third-order valence-electron chi connectivity index (χ3n) is 5.95. The van der Waals surface area contributed by atoms with E-state index < -0.39 is 18.0 Å². The second-order valence-electron chi connectivity index (χ2n) is 7.94. The van der Waals surface area contributed by atoms with Crippen molar-refractivity contribution in [1.82, 2.24) is 14.4 Å². The first-order valence-corrected chi connectivity index (χ1v) is 11.4. The largest absolute Gasteiger partial charge is 0.497 e. The molecule has 0 radical (unpaired) electrons. The van der Waals surface area contributed by atoms with Crippen LogP contribution in [0.1, 0.15) is 22.9 Å². The number of hydrogen-bond donors (Lipinski definition) is 2. The fourth-order valence-corrected chi connectivity index (χ4v) is 5.08. The van der Waals surface area contributed by atoms with Gasteiger partial charge < -0.3 is 19.5 Å². The van der Waals surface area contributed by atoms with Gasteiger partial charge in [0.05, 0.1) is 13.5 Å². The molecule has 3 heterocycles. The molecule has 1 atom stereocenters. The van der Waals surface area contributed by atoms with Crippen LogP contribution in [0, 0.1) is 0 Å². The predicted octanol–water partition coefficient (Wildman–Crippen LogP) is 3.13. The first-order valence-electron chi connectivity index (χ1n) is 10.6. The monoisotopic (exact) mass is 457 g/mol. The van der Waals surface area contributed by atoms with Crippen molar-refractivity contribution in [2.75, 3.05) is 33.3 Å². The number of carboxylic acid groups (broad SMARTS) is 2. The van der Waals surface area contributed by atoms with Gasteiger partial charge in [-0.2, -0.15) is 0 Å². The number of carboxylic acids is 2. The molecule has 1 aromatic carbocycles. The molecule has 2 N–H and O–H groups in total. The molecular weight excluding hydrogens is 430 g/mol. The van der Waals surface area contributed by atoms with Gasteiger partial charge in [-0.25, -0.2) is 0 Å². The van der Waals surface area contributed by atoms with Gasteiger partial charge in [0.15, 0.2) is 0 Å². The number of nitrogens with zero attached hydrogens (tertiary/aromatic N) is 3. The van der Waals surface area contributed by atoms with Gasteiger partial charge in [0, 0.05) is 66.8 Å². The van der Waals surface area contributed by atoms with Crippen molar-refractivity contribution in [3.8, 4) is 5.75 Å². The highest BCUT2D eigenvalue weighted by Crippen LogP contribution is 2.34. The number of rotatable bonds is 9. The Kier molecular flexibility index (Phi) is 6.78. The third kappa shape index (κ3) is 4.79. The Morgan fingerprint density at radius 2 is 1.94 bits per heavy atom. The van der Waals surface area contributed by atoms with E-state index in [0.717, 1.165) is 30.5 Å². The summed E-state index contributed by atoms with van der Waals surface area (Å²) in [5, 5.41) is 22.1. The molecule has 1 saturated heterocycles. The summed E-state index contributed by atoms with van der Waals surface area (Å²) >= 11 is 1.73. The van der Waals surface area contributed by atoms with Crippen LogP contribution in [0.15, 0.2) is 41.9 Å². The van der Waals surface area contributed by atoms with Gasteiger partial charge in [0.2, 0.25) is 0 Å². The molecule has 1 aliphatic heterocycles. The molecule has 0 saturated carbocycles. The fourth-order valence-electron chi connectivity index (χ4n) is 4.34. The Bertz CT molecular complexity index is 1090. The number of aryl methyl sites for hydroxylation is 1. The molecule has 9 heteroatoms. The summed E-state index contributed by atoms with van der Waals surface area (Å²) in [6.07, 6.45) is 1.76. The first kappa shape index (κ1) is 22.3. The average Bonchev–Trinajstić information content (AvgIpc) is 3.41. The van der Waals surface area contributed by atoms with Crippen LogP contribution in [0.5, 0.6) is 5.75 Å². The Morgan fingerprint density at radius 1 is 1.16 bits per heavy atom. The van der Waals surface area contributed by atoms with Gasteiger partial charge >= 0.3 is 11.9 Å². The van der Waals surface area contributed by atoms with Crippen LogP contribution < -0.4 is 4.74 Å². The zero-order valence-corrected chi connectivity index (χ0v) is 18.8. The second kappa shape index (κ2) is 9.72. The zero-order valence-electron chi connectivity index (χ0n) is 17.9. The molecule has 2 aromatic heterocycles. The Morgan fingerprint density at radius 3 is 2.56 bits per heavy atom. The zero-order chi connectivity index (χ0) is 22.7. The summed E-state index contributed by atoms with van der Waals surface area (Å²) in [6, 6.07) is 8.87. The maximum Gasteiger partial charge on any atom is 0.325 e. The molecule has 170 valence electrons. The maximum atomic E-state index is 12.4. The Labute approximate surface area is 190 Å². The molecule has 4 rings (SSSR count). The number of fused-ring (bicyclic) bond motifs is 1. The van der Waals surface area contributed by atoms with Gasteiger partial charge in [-0.1, -0.05) is 6.07 Å². The summed E-state index contributed by atoms with van der Waals surface area (Å²) in [4.78, 5) is 29.2. The predicted molar refractivity (Wildman–Crippen MR) is 122 cm³/mol. The SMILES string of the molecule is COc1ccc2c(c1)c([C@@H](C(=O)O)N1CCN(Cc3cccs3)CC1)cn2CCC(=O)O. The Hall–Kier alpha value is -2.88. The molecule has 0 unspecified atom stereocenters. The highest BCUT2D eigenvalue weighted by molar-refractivity contribution is 7.09. The molecule has 8 nitrogen and oxygen atoms in total. The smallest absolute Gasteiger partial charge is 0.325 e. The quantitative estimate of drug-likeness (QED) is 0.510. The Balaban J connectivity index is 1.60. The van der Waals surface area contributed by atoms with Crippen LogP contribution in [0.3, 0.4) is 0 Å². The van der Waals surface area contributed by atoms with E-state index >= 15 is 0 Å². The summed E-state index contributed by atoms with van der Waals surface area (Å²) in [5.41, 5.74) is 1.48. The lowest BCUT2D eigenvalue weighted by atomic mass is 10.0. The number of hydrogen-bond acceptors (Lipinski definition) is 6. The molecule has 0 bridgehead atoms. The molecule has 3 aromatic rings. The van der Waals surface area contributed by atoms with E-state index in [-0.39, 0.29) is 13.0 Å². The summed E-state index contributed by atoms with van der Waals surface area (Å²) in [5.74, 6) is -1.16. The first-order chi connectivity index (χ1) is 15.5. The number of carbonyl (C=O) groups is 2. The number of thiophene rings is 1. The molecule has 32 heavy (non-hydrogen) atoms. The standard InChI is InChI=1S/C23H27N3O5S/c1-31-16-4-5-20-18(13-16)19(15-26(20)7-6-21(27)28)22(23(29)30)25-10-8-24(9-11-25)14-17-3-2-12-32-17/h2-5,12-13,15,22H,6-11,14H2,1H3,(H,27,28)(H,29,30)/t22-/m0/s1. The van der Waals surface area contributed by atoms with Crippen LogP contribution in [-0.4, -0.2) is 69.8 Å². The van der Waals surface area contributed by atoms with Crippen LogP contribution >= 0.6 is 11.3 Å². The number of aliphatic carboxylic acids is 2. The molecule has 1 aliphatic rings. The van der Waals surface area contributed by atoms with E-state index in [1.807, 2.05) is 33.7 Å². The topological polar surface area (TPSA) is 95.2 Å². The van der Waals surface area contributed by atoms with Crippen LogP contribution in [0.25, 0.3) is 10.9 Å². The summed E-state index contributed by atoms with van der Waals surface area (Å²) in [7, 11) is 1.57. The lowest BCUT2D eigenvalue weighted by molar-refractivity contribution is -0.144. The van der Waals surface area contributed by atoms with Crippen molar-refractivity contribution < 1.29 is 24.5 Å². The van der Waals surface area contributed by atoms with E-state index in [2.05, 4.69) is 16.3 Å². The van der Waals surface area contributed by atoms with Crippen molar-refractivity contribution in [1.29, 1.82) is 0 Å². The van der Waals surface area contributed by atoms with E-state index in [0.29, 0.717) is 24.4 Å². The van der Waals surface area contributed by atoms with Crippen molar-refractivity contribution >= 4 is 34.2 Å². The van der Waals surface area contributed by atoms with Crippen LogP contribution in [0.2, 0.25) is 0 Å². The molecule has 1 fully saturated rings. The number of methoxy groups -OCH3 is 1. The highest BCUT2D eigenvalue weighted by Gasteiger charge is 2.33. The third-order valence-corrected chi connectivity index (χ3v) is 6.81. The number of ether oxygens (including phenoxy) is 1. The van der Waals surface area contributed by atoms with Crippen molar-refractivity contribution in [3.63, 3.8) is 0 Å². The van der Waals surface area contributed by atoms with Gasteiger partial charge in [-0.15, -0.1) is 11.3 Å². The van der Waals surface area contributed by atoms with Crippen molar-refractivity contribution in [2.24, 2.45) is 0 Å². The van der Waals surface area contributed by atoms with Gasteiger partial charge in [0.1, 0.15) is 11.8 Å². The lowest BCUT2D eigenvalue weighted by Crippen LogP contribution is -2.48. The van der Waals surface area contributed by atoms with E-state index in [1.54, 1.807) is 24.6 Å². The normalized spacial score (nSPS) is 16.3. The molecule has 0 amide bonds. The van der Waals surface area contributed by atoms with Gasteiger partial charge in [-0.05, 0) is 29.6 Å². The van der Waals surface area contributed by atoms with Gasteiger partial charge in [0.25, 0.3) is 0 Å². The lowest BCUT2D eigenvalue weighted by Gasteiger charge is -2.37. The average molecular weight is 458 g/mol. The van der Waals surface area contributed by atoms with E-state index in [1.165, 1.54) is 4.88 Å². The molecule has 0 aliphatic carbocycles. The minimum Gasteiger partial charge on any atom is -0.497 e. The highest BCUT2D eigenvalue weighted by atomic mass is 32.1. The number of piperazine rings is 1. The minimum atomic E-state index is -0.906. The second-order valence-corrected chi connectivity index (χ2v) is 8.97. The summed E-state index contributed by atoms with van der Waals surface area (Å²) < 4.78 is 7.20. The molecular formula is C23H27N3O5S.